The van der Waals surface area contributed by atoms with Crippen LogP contribution in [0.4, 0.5) is 11.4 Å². The third kappa shape index (κ3) is 5.44. The summed E-state index contributed by atoms with van der Waals surface area (Å²) in [6, 6.07) is 15.4. The zero-order chi connectivity index (χ0) is 24.0. The van der Waals surface area contributed by atoms with E-state index in [-0.39, 0.29) is 11.7 Å². The number of hydrogen-bond donors (Lipinski definition) is 1. The number of hydrogen-bond acceptors (Lipinski definition) is 8. The van der Waals surface area contributed by atoms with E-state index >= 15 is 0 Å². The fraction of sp³-hybridized carbons (Fsp3) is 0.320. The fourth-order valence-electron chi connectivity index (χ4n) is 4.00. The first-order valence-electron chi connectivity index (χ1n) is 11.5. The van der Waals surface area contributed by atoms with Crippen LogP contribution >= 0.6 is 11.8 Å². The van der Waals surface area contributed by atoms with E-state index in [9.17, 15) is 4.79 Å². The first-order chi connectivity index (χ1) is 17.2. The molecule has 35 heavy (non-hydrogen) atoms. The topological polar surface area (TPSA) is 90.7 Å². The minimum atomic E-state index is -0.398. The molecule has 0 unspecified atom stereocenters. The van der Waals surface area contributed by atoms with E-state index in [1.54, 1.807) is 6.08 Å². The van der Waals surface area contributed by atoms with Crippen molar-refractivity contribution in [3.05, 3.63) is 67.0 Å². The molecule has 10 heteroatoms. The average Bonchev–Trinajstić information content (AvgIpc) is 3.31. The van der Waals surface area contributed by atoms with Crippen molar-refractivity contribution in [3.8, 4) is 11.5 Å². The molecule has 1 atom stereocenters. The molecule has 0 bridgehead atoms. The standard InChI is InChI=1S/C25H27N5O4S/c1-2-11-30-24(22-16-33-20-5-3-4-6-21(20)34-22)27-28-25(30)35-17-23(31)26-18-7-9-19(10-8-18)29-12-14-32-15-13-29/h2-10,22H,1,11-17H2,(H,26,31)/t22-/m0/s1. The zero-order valence-corrected chi connectivity index (χ0v) is 20.1. The summed E-state index contributed by atoms with van der Waals surface area (Å²) in [5.74, 6) is 2.11. The Bertz CT molecular complexity index is 1180. The summed E-state index contributed by atoms with van der Waals surface area (Å²) in [6.07, 6.45) is 1.37. The molecule has 0 aliphatic carbocycles. The van der Waals surface area contributed by atoms with Gasteiger partial charge in [0.15, 0.2) is 28.6 Å². The molecule has 3 aromatic rings. The van der Waals surface area contributed by atoms with E-state index in [1.807, 2.05) is 53.1 Å². The van der Waals surface area contributed by atoms with Crippen LogP contribution < -0.4 is 19.7 Å². The number of amides is 1. The summed E-state index contributed by atoms with van der Waals surface area (Å²) >= 11 is 1.32. The molecule has 2 aliphatic heterocycles. The molecule has 1 saturated heterocycles. The molecule has 1 N–H and O–H groups in total. The molecule has 0 spiro atoms. The van der Waals surface area contributed by atoms with Crippen LogP contribution in [0.5, 0.6) is 11.5 Å². The van der Waals surface area contributed by atoms with Crippen LogP contribution in [0.25, 0.3) is 0 Å². The number of fused-ring (bicyclic) bond motifs is 1. The van der Waals surface area contributed by atoms with Crippen LogP contribution in [0, 0.1) is 0 Å². The number of benzene rings is 2. The number of allylic oxidation sites excluding steroid dienone is 1. The lowest BCUT2D eigenvalue weighted by molar-refractivity contribution is -0.113. The SMILES string of the molecule is C=CCn1c(SCC(=O)Nc2ccc(N3CCOCC3)cc2)nnc1[C@@H]1COc2ccccc2O1. The third-order valence-corrected chi connectivity index (χ3v) is 6.68. The molecule has 1 amide bonds. The predicted octanol–water partition coefficient (Wildman–Crippen LogP) is 3.54. The fourth-order valence-corrected chi connectivity index (χ4v) is 4.75. The van der Waals surface area contributed by atoms with Crippen LogP contribution in [-0.2, 0) is 16.1 Å². The maximum Gasteiger partial charge on any atom is 0.234 e. The summed E-state index contributed by atoms with van der Waals surface area (Å²) < 4.78 is 19.2. The van der Waals surface area contributed by atoms with Gasteiger partial charge in [-0.1, -0.05) is 30.0 Å². The monoisotopic (exact) mass is 493 g/mol. The Morgan fingerprint density at radius 2 is 1.89 bits per heavy atom. The second-order valence-corrected chi connectivity index (χ2v) is 9.03. The highest BCUT2D eigenvalue weighted by Crippen LogP contribution is 2.36. The van der Waals surface area contributed by atoms with Gasteiger partial charge in [-0.25, -0.2) is 0 Å². The molecular weight excluding hydrogens is 466 g/mol. The van der Waals surface area contributed by atoms with Crippen molar-refractivity contribution in [1.29, 1.82) is 0 Å². The van der Waals surface area contributed by atoms with Gasteiger partial charge in [0.2, 0.25) is 5.91 Å². The molecule has 0 saturated carbocycles. The lowest BCUT2D eigenvalue weighted by Gasteiger charge is -2.28. The van der Waals surface area contributed by atoms with Gasteiger partial charge in [-0.05, 0) is 36.4 Å². The maximum atomic E-state index is 12.6. The van der Waals surface area contributed by atoms with E-state index in [1.165, 1.54) is 11.8 Å². The molecule has 0 radical (unpaired) electrons. The van der Waals surface area contributed by atoms with Crippen molar-refractivity contribution in [2.45, 2.75) is 17.8 Å². The highest BCUT2D eigenvalue weighted by atomic mass is 32.2. The van der Waals surface area contributed by atoms with Gasteiger partial charge < -0.3 is 24.4 Å². The minimum Gasteiger partial charge on any atom is -0.485 e. The van der Waals surface area contributed by atoms with Gasteiger partial charge in [0.1, 0.15) is 6.61 Å². The first kappa shape index (κ1) is 23.3. The van der Waals surface area contributed by atoms with Gasteiger partial charge in [-0.2, -0.15) is 0 Å². The number of thioether (sulfide) groups is 1. The van der Waals surface area contributed by atoms with Crippen LogP contribution in [0.1, 0.15) is 11.9 Å². The Morgan fingerprint density at radius 1 is 1.11 bits per heavy atom. The Kier molecular flexibility index (Phi) is 7.20. The van der Waals surface area contributed by atoms with Crippen molar-refractivity contribution in [2.75, 3.05) is 48.9 Å². The van der Waals surface area contributed by atoms with Gasteiger partial charge in [-0.15, -0.1) is 16.8 Å². The maximum absolute atomic E-state index is 12.6. The molecule has 1 fully saturated rings. The number of anilines is 2. The third-order valence-electron chi connectivity index (χ3n) is 5.71. The lowest BCUT2D eigenvalue weighted by Crippen LogP contribution is -2.36. The molecular formula is C25H27N5O4S. The Labute approximate surface area is 208 Å². The van der Waals surface area contributed by atoms with E-state index < -0.39 is 6.10 Å². The molecule has 3 heterocycles. The number of ether oxygens (including phenoxy) is 3. The van der Waals surface area contributed by atoms with Crippen molar-refractivity contribution < 1.29 is 19.0 Å². The number of morpholine rings is 1. The normalized spacial score (nSPS) is 17.1. The van der Waals surface area contributed by atoms with Gasteiger partial charge in [0.25, 0.3) is 0 Å². The Hall–Kier alpha value is -3.50. The molecule has 9 nitrogen and oxygen atoms in total. The van der Waals surface area contributed by atoms with Gasteiger partial charge in [-0.3, -0.25) is 9.36 Å². The quantitative estimate of drug-likeness (QED) is 0.376. The van der Waals surface area contributed by atoms with Gasteiger partial charge >= 0.3 is 0 Å². The summed E-state index contributed by atoms with van der Waals surface area (Å²) in [6.45, 7) is 7.90. The largest absolute Gasteiger partial charge is 0.485 e. The molecule has 2 aliphatic rings. The summed E-state index contributed by atoms with van der Waals surface area (Å²) in [5.41, 5.74) is 1.88. The zero-order valence-electron chi connectivity index (χ0n) is 19.3. The van der Waals surface area contributed by atoms with E-state index in [4.69, 9.17) is 14.2 Å². The van der Waals surface area contributed by atoms with Crippen LogP contribution in [0.3, 0.4) is 0 Å². The van der Waals surface area contributed by atoms with Crippen molar-refractivity contribution >= 4 is 29.0 Å². The predicted molar refractivity (Wildman–Crippen MR) is 134 cm³/mol. The highest BCUT2D eigenvalue weighted by molar-refractivity contribution is 7.99. The number of aromatic nitrogens is 3. The molecule has 5 rings (SSSR count). The minimum absolute atomic E-state index is 0.116. The van der Waals surface area contributed by atoms with E-state index in [2.05, 4.69) is 27.0 Å². The highest BCUT2D eigenvalue weighted by Gasteiger charge is 2.28. The van der Waals surface area contributed by atoms with E-state index in [0.29, 0.717) is 35.6 Å². The summed E-state index contributed by atoms with van der Waals surface area (Å²) in [4.78, 5) is 14.9. The van der Waals surface area contributed by atoms with Crippen molar-refractivity contribution in [3.63, 3.8) is 0 Å². The van der Waals surface area contributed by atoms with Gasteiger partial charge in [0.05, 0.1) is 19.0 Å². The Morgan fingerprint density at radius 3 is 2.66 bits per heavy atom. The second-order valence-electron chi connectivity index (χ2n) is 8.09. The lowest BCUT2D eigenvalue weighted by atomic mass is 10.2. The van der Waals surface area contributed by atoms with Crippen LogP contribution in [0.15, 0.2) is 66.3 Å². The van der Waals surface area contributed by atoms with E-state index in [0.717, 1.165) is 37.7 Å². The molecule has 2 aromatic carbocycles. The molecule has 1 aromatic heterocycles. The van der Waals surface area contributed by atoms with Crippen molar-refractivity contribution in [1.82, 2.24) is 14.8 Å². The number of nitrogens with zero attached hydrogens (tertiary/aromatic N) is 4. The van der Waals surface area contributed by atoms with Gasteiger partial charge in [0, 0.05) is 31.0 Å². The Balaban J connectivity index is 1.20. The second kappa shape index (κ2) is 10.8. The van der Waals surface area contributed by atoms with Crippen LogP contribution in [0.2, 0.25) is 0 Å². The number of carbonyl (C=O) groups is 1. The van der Waals surface area contributed by atoms with Crippen molar-refractivity contribution in [2.24, 2.45) is 0 Å². The van der Waals surface area contributed by atoms with Crippen LogP contribution in [-0.4, -0.2) is 59.3 Å². The first-order valence-corrected chi connectivity index (χ1v) is 12.5. The summed E-state index contributed by atoms with van der Waals surface area (Å²) in [5, 5.41) is 12.2. The smallest absolute Gasteiger partial charge is 0.234 e. The number of para-hydroxylation sites is 2. The number of carbonyl (C=O) groups excluding carboxylic acids is 1. The molecule has 182 valence electrons. The number of rotatable bonds is 8. The number of nitrogens with one attached hydrogen (secondary N) is 1. The summed E-state index contributed by atoms with van der Waals surface area (Å²) in [7, 11) is 0. The average molecular weight is 494 g/mol.